The van der Waals surface area contributed by atoms with Crippen LogP contribution in [0.2, 0.25) is 0 Å². The molecule has 0 N–H and O–H groups in total. The summed E-state index contributed by atoms with van der Waals surface area (Å²) in [7, 11) is 1.63. The fourth-order valence-corrected chi connectivity index (χ4v) is 4.41. The molecule has 0 aliphatic carbocycles. The molecule has 1 aliphatic heterocycles. The molecular formula is C23H20N4O4S. The van der Waals surface area contributed by atoms with E-state index in [9.17, 15) is 4.79 Å². The maximum atomic E-state index is 13.2. The number of benzene rings is 1. The highest BCUT2D eigenvalue weighted by molar-refractivity contribution is 7.99. The number of aromatic nitrogens is 2. The van der Waals surface area contributed by atoms with E-state index in [0.29, 0.717) is 28.8 Å². The second-order valence-corrected chi connectivity index (χ2v) is 8.01. The number of thioether (sulfide) groups is 1. The van der Waals surface area contributed by atoms with E-state index < -0.39 is 0 Å². The third-order valence-electron chi connectivity index (χ3n) is 5.11. The second kappa shape index (κ2) is 8.80. The number of hydrogen-bond acceptors (Lipinski definition) is 7. The molecule has 1 amide bonds. The quantitative estimate of drug-likeness (QED) is 0.386. The molecule has 162 valence electrons. The molecule has 0 spiro atoms. The van der Waals surface area contributed by atoms with E-state index in [2.05, 4.69) is 10.1 Å². The minimum atomic E-state index is -0.309. The van der Waals surface area contributed by atoms with Crippen molar-refractivity contribution < 1.29 is 18.4 Å². The summed E-state index contributed by atoms with van der Waals surface area (Å²) in [5.41, 5.74) is 1.62. The fourth-order valence-electron chi connectivity index (χ4n) is 3.58. The molecule has 1 aliphatic rings. The van der Waals surface area contributed by atoms with Crippen LogP contribution in [0.4, 0.5) is 0 Å². The average molecular weight is 449 g/mol. The lowest BCUT2D eigenvalue weighted by molar-refractivity contribution is -0.130. The number of hydrogen-bond donors (Lipinski definition) is 0. The Balaban J connectivity index is 1.35. The summed E-state index contributed by atoms with van der Waals surface area (Å²) in [6.07, 6.45) is 7.29. The van der Waals surface area contributed by atoms with Crippen molar-refractivity contribution in [3.8, 4) is 11.4 Å². The van der Waals surface area contributed by atoms with Crippen molar-refractivity contribution in [3.63, 3.8) is 0 Å². The largest absolute Gasteiger partial charge is 0.497 e. The van der Waals surface area contributed by atoms with Gasteiger partial charge in [0.15, 0.2) is 5.16 Å². The zero-order valence-corrected chi connectivity index (χ0v) is 18.1. The highest BCUT2D eigenvalue weighted by Crippen LogP contribution is 2.34. The van der Waals surface area contributed by atoms with Crippen molar-refractivity contribution in [1.82, 2.24) is 14.6 Å². The molecule has 0 fully saturated rings. The standard InChI is InChI=1S/C23H20N4O4S/c1-29-17-6-2-5-16(13-17)26-10-9-24-23(26)32-15-22(28)27-19(21-8-4-12-31-21)14-18(25-27)20-7-3-11-30-20/h2-13,19H,14-15H2,1H3. The van der Waals surface area contributed by atoms with Crippen molar-refractivity contribution in [2.75, 3.05) is 12.9 Å². The highest BCUT2D eigenvalue weighted by atomic mass is 32.2. The third-order valence-corrected chi connectivity index (χ3v) is 6.06. The van der Waals surface area contributed by atoms with Gasteiger partial charge in [0.25, 0.3) is 5.91 Å². The molecule has 32 heavy (non-hydrogen) atoms. The Kier molecular flexibility index (Phi) is 5.55. The lowest BCUT2D eigenvalue weighted by Gasteiger charge is -2.19. The highest BCUT2D eigenvalue weighted by Gasteiger charge is 2.35. The predicted octanol–water partition coefficient (Wildman–Crippen LogP) is 4.54. The monoisotopic (exact) mass is 448 g/mol. The van der Waals surface area contributed by atoms with Crippen molar-refractivity contribution in [1.29, 1.82) is 0 Å². The fraction of sp³-hybridized carbons (Fsp3) is 0.174. The van der Waals surface area contributed by atoms with Crippen LogP contribution in [-0.4, -0.2) is 39.0 Å². The molecule has 8 nitrogen and oxygen atoms in total. The predicted molar refractivity (Wildman–Crippen MR) is 119 cm³/mol. The van der Waals surface area contributed by atoms with E-state index in [0.717, 1.165) is 11.4 Å². The Labute approximate surface area is 188 Å². The maximum Gasteiger partial charge on any atom is 0.253 e. The number of carbonyl (C=O) groups excluding carboxylic acids is 1. The molecule has 0 radical (unpaired) electrons. The van der Waals surface area contributed by atoms with Crippen LogP contribution < -0.4 is 4.74 Å². The van der Waals surface area contributed by atoms with E-state index in [1.165, 1.54) is 16.8 Å². The Hall–Kier alpha value is -3.72. The van der Waals surface area contributed by atoms with Crippen LogP contribution in [0.1, 0.15) is 24.0 Å². The van der Waals surface area contributed by atoms with E-state index in [4.69, 9.17) is 13.6 Å². The van der Waals surface area contributed by atoms with Gasteiger partial charge < -0.3 is 13.6 Å². The van der Waals surface area contributed by atoms with Gasteiger partial charge in [-0.15, -0.1) is 0 Å². The number of furan rings is 2. The number of imidazole rings is 1. The van der Waals surface area contributed by atoms with Crippen LogP contribution in [-0.2, 0) is 4.79 Å². The zero-order chi connectivity index (χ0) is 21.9. The first kappa shape index (κ1) is 20.2. The van der Waals surface area contributed by atoms with Gasteiger partial charge in [-0.05, 0) is 36.4 Å². The number of methoxy groups -OCH3 is 1. The topological polar surface area (TPSA) is 86.0 Å². The van der Waals surface area contributed by atoms with Crippen LogP contribution >= 0.6 is 11.8 Å². The smallest absolute Gasteiger partial charge is 0.253 e. The van der Waals surface area contributed by atoms with Gasteiger partial charge >= 0.3 is 0 Å². The number of rotatable bonds is 7. The molecule has 0 saturated carbocycles. The molecular weight excluding hydrogens is 428 g/mol. The Bertz CT molecular complexity index is 1230. The number of amides is 1. The SMILES string of the molecule is COc1cccc(-n2ccnc2SCC(=O)N2N=C(c3ccco3)CC2c2ccco2)c1. The molecule has 0 saturated heterocycles. The maximum absolute atomic E-state index is 13.2. The van der Waals surface area contributed by atoms with Crippen molar-refractivity contribution in [2.24, 2.45) is 5.10 Å². The number of ether oxygens (including phenoxy) is 1. The van der Waals surface area contributed by atoms with Gasteiger partial charge in [-0.2, -0.15) is 5.10 Å². The molecule has 4 heterocycles. The lowest BCUT2D eigenvalue weighted by Crippen LogP contribution is -2.28. The Morgan fingerprint density at radius 1 is 1.19 bits per heavy atom. The van der Waals surface area contributed by atoms with Gasteiger partial charge in [-0.25, -0.2) is 9.99 Å². The van der Waals surface area contributed by atoms with Gasteiger partial charge in [0.2, 0.25) is 0 Å². The number of nitrogens with zero attached hydrogens (tertiary/aromatic N) is 4. The molecule has 4 aromatic rings. The first-order valence-corrected chi connectivity index (χ1v) is 11.0. The first-order chi connectivity index (χ1) is 15.7. The van der Waals surface area contributed by atoms with Gasteiger partial charge in [0.05, 0.1) is 31.1 Å². The van der Waals surface area contributed by atoms with Crippen LogP contribution in [0.5, 0.6) is 5.75 Å². The van der Waals surface area contributed by atoms with Crippen molar-refractivity contribution >= 4 is 23.4 Å². The lowest BCUT2D eigenvalue weighted by atomic mass is 10.1. The van der Waals surface area contributed by atoms with Gasteiger partial charge in [0, 0.05) is 24.9 Å². The number of carbonyl (C=O) groups is 1. The van der Waals surface area contributed by atoms with Gasteiger partial charge in [0.1, 0.15) is 29.0 Å². The number of hydrazone groups is 1. The summed E-state index contributed by atoms with van der Waals surface area (Å²) in [5.74, 6) is 2.12. The average Bonchev–Trinajstić information content (AvgIpc) is 3.63. The molecule has 1 unspecified atom stereocenters. The summed E-state index contributed by atoms with van der Waals surface area (Å²) >= 11 is 1.35. The van der Waals surface area contributed by atoms with Gasteiger partial charge in [-0.3, -0.25) is 9.36 Å². The minimum absolute atomic E-state index is 0.141. The normalized spacial score (nSPS) is 15.7. The summed E-state index contributed by atoms with van der Waals surface area (Å²) in [6.45, 7) is 0. The van der Waals surface area contributed by atoms with Gasteiger partial charge in [-0.1, -0.05) is 17.8 Å². The summed E-state index contributed by atoms with van der Waals surface area (Å²) < 4.78 is 18.3. The van der Waals surface area contributed by atoms with Crippen molar-refractivity contribution in [3.05, 3.63) is 85.0 Å². The van der Waals surface area contributed by atoms with E-state index >= 15 is 0 Å². The van der Waals surface area contributed by atoms with E-state index in [1.54, 1.807) is 31.9 Å². The van der Waals surface area contributed by atoms with Crippen LogP contribution in [0.15, 0.2) is 92.5 Å². The molecule has 1 aromatic carbocycles. The van der Waals surface area contributed by atoms with Crippen LogP contribution in [0.3, 0.4) is 0 Å². The zero-order valence-electron chi connectivity index (χ0n) is 17.2. The molecule has 5 rings (SSSR count). The van der Waals surface area contributed by atoms with Crippen LogP contribution in [0, 0.1) is 0 Å². The molecule has 1 atom stereocenters. The van der Waals surface area contributed by atoms with E-state index in [-0.39, 0.29) is 17.7 Å². The van der Waals surface area contributed by atoms with Crippen molar-refractivity contribution in [2.45, 2.75) is 17.6 Å². The molecule has 9 heteroatoms. The molecule has 3 aromatic heterocycles. The summed E-state index contributed by atoms with van der Waals surface area (Å²) in [4.78, 5) is 17.6. The Morgan fingerprint density at radius 2 is 2.06 bits per heavy atom. The van der Waals surface area contributed by atoms with Crippen LogP contribution in [0.25, 0.3) is 5.69 Å². The van der Waals surface area contributed by atoms with E-state index in [1.807, 2.05) is 53.2 Å². The second-order valence-electron chi connectivity index (χ2n) is 7.07. The minimum Gasteiger partial charge on any atom is -0.497 e. The summed E-state index contributed by atoms with van der Waals surface area (Å²) in [5, 5.41) is 6.75. The molecule has 0 bridgehead atoms. The third kappa shape index (κ3) is 3.94. The first-order valence-electron chi connectivity index (χ1n) is 10.0. The Morgan fingerprint density at radius 3 is 2.84 bits per heavy atom. The summed E-state index contributed by atoms with van der Waals surface area (Å²) in [6, 6.07) is 14.7.